The lowest BCUT2D eigenvalue weighted by molar-refractivity contribution is -0.138. The molecule has 0 aliphatic heterocycles. The van der Waals surface area contributed by atoms with E-state index in [2.05, 4.69) is 6.58 Å². The highest BCUT2D eigenvalue weighted by molar-refractivity contribution is 5.92. The predicted octanol–water partition coefficient (Wildman–Crippen LogP) is 1.27. The first-order chi connectivity index (χ1) is 6.36. The lowest BCUT2D eigenvalue weighted by Gasteiger charge is -2.26. The van der Waals surface area contributed by atoms with E-state index in [1.165, 1.54) is 4.90 Å². The Morgan fingerprint density at radius 1 is 1.43 bits per heavy atom. The van der Waals surface area contributed by atoms with Crippen molar-refractivity contribution in [2.24, 2.45) is 0 Å². The molecule has 0 aromatic heterocycles. The minimum atomic E-state index is -0.898. The van der Waals surface area contributed by atoms with E-state index in [1.54, 1.807) is 6.92 Å². The van der Waals surface area contributed by atoms with Crippen LogP contribution in [0.5, 0.6) is 0 Å². The Morgan fingerprint density at radius 2 is 1.93 bits per heavy atom. The first kappa shape index (κ1) is 12.7. The zero-order valence-corrected chi connectivity index (χ0v) is 8.91. The van der Waals surface area contributed by atoms with Gasteiger partial charge in [0.2, 0.25) is 5.91 Å². The number of hydrogen-bond donors (Lipinski definition) is 1. The van der Waals surface area contributed by atoms with Gasteiger partial charge in [-0.3, -0.25) is 9.59 Å². The Morgan fingerprint density at radius 3 is 2.21 bits per heavy atom. The second kappa shape index (κ2) is 5.42. The number of rotatable bonds is 5. The Kier molecular flexibility index (Phi) is 4.91. The number of aliphatic carboxylic acids is 1. The lowest BCUT2D eigenvalue weighted by atomic mass is 10.2. The molecule has 0 atom stereocenters. The van der Waals surface area contributed by atoms with Crippen LogP contribution < -0.4 is 0 Å². The summed E-state index contributed by atoms with van der Waals surface area (Å²) in [7, 11) is 0. The molecule has 0 bridgehead atoms. The van der Waals surface area contributed by atoms with Gasteiger partial charge in [0.25, 0.3) is 0 Å². The second-order valence-electron chi connectivity index (χ2n) is 3.52. The van der Waals surface area contributed by atoms with Gasteiger partial charge in [-0.1, -0.05) is 6.58 Å². The summed E-state index contributed by atoms with van der Waals surface area (Å²) in [6.07, 6.45) is -0.0306. The number of carbonyl (C=O) groups is 2. The number of hydrogen-bond acceptors (Lipinski definition) is 2. The molecule has 0 aliphatic rings. The minimum Gasteiger partial charge on any atom is -0.481 e. The number of nitrogens with zero attached hydrogens (tertiary/aromatic N) is 1. The first-order valence-electron chi connectivity index (χ1n) is 4.54. The normalized spacial score (nSPS) is 10.0. The summed E-state index contributed by atoms with van der Waals surface area (Å²) in [6, 6.07) is -0.00134. The van der Waals surface area contributed by atoms with Gasteiger partial charge in [0.05, 0.1) is 6.42 Å². The highest BCUT2D eigenvalue weighted by atomic mass is 16.4. The van der Waals surface area contributed by atoms with Crippen LogP contribution in [0.15, 0.2) is 12.2 Å². The maximum atomic E-state index is 11.5. The summed E-state index contributed by atoms with van der Waals surface area (Å²) >= 11 is 0. The molecule has 4 heteroatoms. The maximum Gasteiger partial charge on any atom is 0.305 e. The summed E-state index contributed by atoms with van der Waals surface area (Å²) in [5, 5.41) is 8.50. The third-order valence-corrected chi connectivity index (χ3v) is 1.82. The van der Waals surface area contributed by atoms with E-state index in [9.17, 15) is 9.59 Å². The van der Waals surface area contributed by atoms with Crippen molar-refractivity contribution in [3.8, 4) is 0 Å². The van der Waals surface area contributed by atoms with Crippen LogP contribution in [0, 0.1) is 0 Å². The van der Waals surface area contributed by atoms with Crippen LogP contribution in [0.25, 0.3) is 0 Å². The molecule has 0 aromatic rings. The standard InChI is InChI=1S/C10H17NO3/c1-7(2)10(14)11(8(3)4)6-5-9(12)13/h8H,1,5-6H2,2-4H3,(H,12,13). The van der Waals surface area contributed by atoms with Crippen molar-refractivity contribution in [1.82, 2.24) is 4.90 Å². The molecule has 1 amide bonds. The number of amides is 1. The molecule has 0 aliphatic carbocycles. The fourth-order valence-electron chi connectivity index (χ4n) is 1.06. The van der Waals surface area contributed by atoms with Crippen molar-refractivity contribution in [3.05, 3.63) is 12.2 Å². The summed E-state index contributed by atoms with van der Waals surface area (Å²) < 4.78 is 0. The zero-order chi connectivity index (χ0) is 11.3. The van der Waals surface area contributed by atoms with Crippen molar-refractivity contribution in [2.45, 2.75) is 33.2 Å². The quantitative estimate of drug-likeness (QED) is 0.678. The van der Waals surface area contributed by atoms with Gasteiger partial charge >= 0.3 is 5.97 Å². The monoisotopic (exact) mass is 199 g/mol. The Balaban J connectivity index is 4.37. The van der Waals surface area contributed by atoms with Crippen molar-refractivity contribution in [1.29, 1.82) is 0 Å². The summed E-state index contributed by atoms with van der Waals surface area (Å²) in [5.74, 6) is -1.08. The van der Waals surface area contributed by atoms with Gasteiger partial charge in [-0.25, -0.2) is 0 Å². The average molecular weight is 199 g/mol. The van der Waals surface area contributed by atoms with Crippen LogP contribution in [0.2, 0.25) is 0 Å². The third-order valence-electron chi connectivity index (χ3n) is 1.82. The molecule has 80 valence electrons. The highest BCUT2D eigenvalue weighted by Crippen LogP contribution is 2.05. The number of carboxylic acids is 1. The largest absolute Gasteiger partial charge is 0.481 e. The smallest absolute Gasteiger partial charge is 0.305 e. The van der Waals surface area contributed by atoms with E-state index in [-0.39, 0.29) is 24.9 Å². The van der Waals surface area contributed by atoms with Gasteiger partial charge < -0.3 is 10.0 Å². The number of carboxylic acid groups (broad SMARTS) is 1. The molecule has 1 N–H and O–H groups in total. The Labute approximate surface area is 84.2 Å². The van der Waals surface area contributed by atoms with E-state index in [4.69, 9.17) is 5.11 Å². The highest BCUT2D eigenvalue weighted by Gasteiger charge is 2.17. The summed E-state index contributed by atoms with van der Waals surface area (Å²) in [5.41, 5.74) is 0.434. The minimum absolute atomic E-state index is 0.00134. The summed E-state index contributed by atoms with van der Waals surface area (Å²) in [6.45, 7) is 9.10. The van der Waals surface area contributed by atoms with Gasteiger partial charge in [0.15, 0.2) is 0 Å². The van der Waals surface area contributed by atoms with Gasteiger partial charge in [-0.05, 0) is 20.8 Å². The zero-order valence-electron chi connectivity index (χ0n) is 8.91. The predicted molar refractivity (Wildman–Crippen MR) is 53.9 cm³/mol. The summed E-state index contributed by atoms with van der Waals surface area (Å²) in [4.78, 5) is 23.4. The molecule has 4 nitrogen and oxygen atoms in total. The number of carbonyl (C=O) groups excluding carboxylic acids is 1. The van der Waals surface area contributed by atoms with Gasteiger partial charge in [0.1, 0.15) is 0 Å². The van der Waals surface area contributed by atoms with E-state index < -0.39 is 5.97 Å². The molecular formula is C10H17NO3. The van der Waals surface area contributed by atoms with E-state index in [1.807, 2.05) is 13.8 Å². The second-order valence-corrected chi connectivity index (χ2v) is 3.52. The molecule has 0 saturated carbocycles. The van der Waals surface area contributed by atoms with Gasteiger partial charge in [-0.2, -0.15) is 0 Å². The van der Waals surface area contributed by atoms with Gasteiger partial charge in [-0.15, -0.1) is 0 Å². The molecular weight excluding hydrogens is 182 g/mol. The molecule has 0 saturated heterocycles. The van der Waals surface area contributed by atoms with Crippen molar-refractivity contribution in [3.63, 3.8) is 0 Å². The third kappa shape index (κ3) is 4.07. The van der Waals surface area contributed by atoms with Crippen molar-refractivity contribution < 1.29 is 14.7 Å². The molecule has 0 aromatic carbocycles. The molecule has 0 spiro atoms. The Bertz CT molecular complexity index is 246. The lowest BCUT2D eigenvalue weighted by Crippen LogP contribution is -2.38. The average Bonchev–Trinajstić information content (AvgIpc) is 2.02. The van der Waals surface area contributed by atoms with Crippen LogP contribution >= 0.6 is 0 Å². The van der Waals surface area contributed by atoms with E-state index in [0.29, 0.717) is 5.57 Å². The molecule has 0 rings (SSSR count). The SMILES string of the molecule is C=C(C)C(=O)N(CCC(=O)O)C(C)C. The van der Waals surface area contributed by atoms with Crippen molar-refractivity contribution in [2.75, 3.05) is 6.54 Å². The fraction of sp³-hybridized carbons (Fsp3) is 0.600. The van der Waals surface area contributed by atoms with Crippen LogP contribution in [-0.4, -0.2) is 34.5 Å². The van der Waals surface area contributed by atoms with Crippen LogP contribution in [0.1, 0.15) is 27.2 Å². The van der Waals surface area contributed by atoms with Crippen molar-refractivity contribution >= 4 is 11.9 Å². The van der Waals surface area contributed by atoms with E-state index >= 15 is 0 Å². The fourth-order valence-corrected chi connectivity index (χ4v) is 1.06. The molecule has 0 radical (unpaired) electrons. The Hall–Kier alpha value is -1.32. The first-order valence-corrected chi connectivity index (χ1v) is 4.54. The molecule has 14 heavy (non-hydrogen) atoms. The van der Waals surface area contributed by atoms with Crippen LogP contribution in [0.3, 0.4) is 0 Å². The van der Waals surface area contributed by atoms with Crippen LogP contribution in [0.4, 0.5) is 0 Å². The van der Waals surface area contributed by atoms with E-state index in [0.717, 1.165) is 0 Å². The topological polar surface area (TPSA) is 57.6 Å². The van der Waals surface area contributed by atoms with Gasteiger partial charge in [0, 0.05) is 18.2 Å². The molecule has 0 fully saturated rings. The maximum absolute atomic E-state index is 11.5. The molecule has 0 unspecified atom stereocenters. The van der Waals surface area contributed by atoms with Crippen LogP contribution in [-0.2, 0) is 9.59 Å². The molecule has 0 heterocycles.